The molecule has 0 spiro atoms. The number of amides is 1. The number of anilines is 1. The summed E-state index contributed by atoms with van der Waals surface area (Å²) < 4.78 is 0.757. The zero-order valence-electron chi connectivity index (χ0n) is 14.1. The van der Waals surface area contributed by atoms with Gasteiger partial charge in [0.1, 0.15) is 0 Å². The molecule has 25 heavy (non-hydrogen) atoms. The number of carbonyl (C=O) groups excluding carboxylic acids is 1. The highest BCUT2D eigenvalue weighted by Gasteiger charge is 2.17. The van der Waals surface area contributed by atoms with E-state index in [0.29, 0.717) is 19.1 Å². The fourth-order valence-electron chi connectivity index (χ4n) is 2.69. The summed E-state index contributed by atoms with van der Waals surface area (Å²) in [7, 11) is 0. The molecule has 1 saturated carbocycles. The topological polar surface area (TPSA) is 106 Å². The molecule has 1 aliphatic rings. The van der Waals surface area contributed by atoms with Crippen molar-refractivity contribution in [1.82, 2.24) is 15.1 Å². The first-order valence-electron chi connectivity index (χ1n) is 8.47. The fourth-order valence-corrected chi connectivity index (χ4v) is 4.43. The van der Waals surface area contributed by atoms with Crippen molar-refractivity contribution in [2.24, 2.45) is 0 Å². The minimum atomic E-state index is -0.0764. The Kier molecular flexibility index (Phi) is 8.50. The quantitative estimate of drug-likeness (QED) is 0.658. The van der Waals surface area contributed by atoms with Crippen LogP contribution in [-0.2, 0) is 4.79 Å². The molecule has 1 aromatic rings. The second-order valence-electron chi connectivity index (χ2n) is 5.84. The third-order valence-electron chi connectivity index (χ3n) is 4.00. The minimum absolute atomic E-state index is 0.0764. The summed E-state index contributed by atoms with van der Waals surface area (Å²) in [6.07, 6.45) is 6.72. The highest BCUT2D eigenvalue weighted by atomic mass is 32.2. The van der Waals surface area contributed by atoms with Gasteiger partial charge in [-0.1, -0.05) is 42.4 Å². The predicted molar refractivity (Wildman–Crippen MR) is 98.2 cm³/mol. The van der Waals surface area contributed by atoms with Crippen molar-refractivity contribution in [3.63, 3.8) is 0 Å². The summed E-state index contributed by atoms with van der Waals surface area (Å²) in [6.45, 7) is 0.727. The predicted octanol–water partition coefficient (Wildman–Crippen LogP) is 3.03. The maximum atomic E-state index is 12.3. The molecule has 2 rings (SSSR count). The largest absolute Gasteiger partial charge is 0.357 e. The first kappa shape index (κ1) is 19.5. The minimum Gasteiger partial charge on any atom is -0.357 e. The van der Waals surface area contributed by atoms with Crippen molar-refractivity contribution in [3.8, 4) is 12.1 Å². The zero-order valence-corrected chi connectivity index (χ0v) is 15.7. The molecule has 1 amide bonds. The van der Waals surface area contributed by atoms with Gasteiger partial charge in [-0.05, 0) is 12.8 Å². The Labute approximate surface area is 156 Å². The Bertz CT molecular complexity index is 611. The molecule has 1 fully saturated rings. The van der Waals surface area contributed by atoms with Gasteiger partial charge in [-0.2, -0.15) is 10.5 Å². The van der Waals surface area contributed by atoms with Crippen LogP contribution in [0.1, 0.15) is 44.9 Å². The number of thioether (sulfide) groups is 1. The van der Waals surface area contributed by atoms with E-state index in [9.17, 15) is 4.79 Å². The van der Waals surface area contributed by atoms with Gasteiger partial charge in [0, 0.05) is 19.1 Å². The van der Waals surface area contributed by atoms with Crippen molar-refractivity contribution >= 4 is 34.1 Å². The van der Waals surface area contributed by atoms with Crippen LogP contribution in [0.4, 0.5) is 5.13 Å². The number of carbonyl (C=O) groups is 1. The SMILES string of the molecule is N#CCCN(CCC#N)C(=O)CSc1nnc(NC2CCCCC2)s1. The second-order valence-corrected chi connectivity index (χ2v) is 8.04. The number of hydrogen-bond donors (Lipinski definition) is 1. The maximum absolute atomic E-state index is 12.3. The molecule has 1 aliphatic carbocycles. The molecular weight excluding hydrogens is 356 g/mol. The highest BCUT2D eigenvalue weighted by Crippen LogP contribution is 2.28. The van der Waals surface area contributed by atoms with E-state index >= 15 is 0 Å². The summed E-state index contributed by atoms with van der Waals surface area (Å²) in [5.74, 6) is 0.169. The standard InChI is InChI=1S/C16H22N6OS2/c17-8-4-10-22(11-5-9-18)14(23)12-24-16-21-20-15(25-16)19-13-6-2-1-3-7-13/h13H,1-7,10-12H2,(H,19,20). The molecule has 0 aliphatic heterocycles. The summed E-state index contributed by atoms with van der Waals surface area (Å²) in [5.41, 5.74) is 0. The van der Waals surface area contributed by atoms with Gasteiger partial charge >= 0.3 is 0 Å². The van der Waals surface area contributed by atoms with Crippen LogP contribution in [0, 0.1) is 22.7 Å². The average Bonchev–Trinajstić information content (AvgIpc) is 3.08. The second kappa shape index (κ2) is 10.9. The van der Waals surface area contributed by atoms with Gasteiger partial charge < -0.3 is 10.2 Å². The lowest BCUT2D eigenvalue weighted by Gasteiger charge is -2.21. The van der Waals surface area contributed by atoms with Crippen LogP contribution in [0.3, 0.4) is 0 Å². The van der Waals surface area contributed by atoms with Crippen LogP contribution in [0.15, 0.2) is 4.34 Å². The van der Waals surface area contributed by atoms with E-state index in [1.807, 2.05) is 12.1 Å². The Morgan fingerprint density at radius 1 is 1.20 bits per heavy atom. The molecule has 7 nitrogen and oxygen atoms in total. The Hall–Kier alpha value is -1.84. The molecule has 1 N–H and O–H groups in total. The number of nitrogens with zero attached hydrogens (tertiary/aromatic N) is 5. The summed E-state index contributed by atoms with van der Waals surface area (Å²) in [4.78, 5) is 13.9. The van der Waals surface area contributed by atoms with Crippen LogP contribution in [0.5, 0.6) is 0 Å². The van der Waals surface area contributed by atoms with Gasteiger partial charge in [-0.25, -0.2) is 0 Å². The Morgan fingerprint density at radius 3 is 2.52 bits per heavy atom. The lowest BCUT2D eigenvalue weighted by atomic mass is 9.96. The third kappa shape index (κ3) is 6.89. The summed E-state index contributed by atoms with van der Waals surface area (Å²) in [6, 6.07) is 4.55. The normalized spacial score (nSPS) is 14.5. The number of nitrogens with one attached hydrogen (secondary N) is 1. The Morgan fingerprint density at radius 2 is 1.88 bits per heavy atom. The molecule has 9 heteroatoms. The van der Waals surface area contributed by atoms with E-state index in [2.05, 4.69) is 15.5 Å². The maximum Gasteiger partial charge on any atom is 0.233 e. The molecular formula is C16H22N6OS2. The van der Waals surface area contributed by atoms with Crippen molar-refractivity contribution < 1.29 is 4.79 Å². The Balaban J connectivity index is 1.79. The van der Waals surface area contributed by atoms with Crippen molar-refractivity contribution in [2.45, 2.75) is 55.3 Å². The van der Waals surface area contributed by atoms with Gasteiger partial charge in [0.2, 0.25) is 11.0 Å². The number of aromatic nitrogens is 2. The third-order valence-corrected chi connectivity index (χ3v) is 5.97. The van der Waals surface area contributed by atoms with E-state index in [1.54, 1.807) is 4.90 Å². The lowest BCUT2D eigenvalue weighted by Crippen LogP contribution is -2.34. The molecule has 0 bridgehead atoms. The summed E-state index contributed by atoms with van der Waals surface area (Å²) >= 11 is 2.82. The molecule has 0 aromatic carbocycles. The first-order chi connectivity index (χ1) is 12.2. The number of rotatable bonds is 9. The van der Waals surface area contributed by atoms with Crippen LogP contribution >= 0.6 is 23.1 Å². The molecule has 0 radical (unpaired) electrons. The lowest BCUT2D eigenvalue weighted by molar-refractivity contribution is -0.128. The van der Waals surface area contributed by atoms with Crippen molar-refractivity contribution in [3.05, 3.63) is 0 Å². The number of hydrogen-bond acceptors (Lipinski definition) is 8. The average molecular weight is 379 g/mol. The zero-order chi connectivity index (χ0) is 17.9. The summed E-state index contributed by atoms with van der Waals surface area (Å²) in [5, 5.41) is 29.9. The molecule has 0 atom stereocenters. The van der Waals surface area contributed by atoms with Crippen molar-refractivity contribution in [2.75, 3.05) is 24.2 Å². The van der Waals surface area contributed by atoms with E-state index in [-0.39, 0.29) is 24.5 Å². The van der Waals surface area contributed by atoms with Crippen LogP contribution < -0.4 is 5.32 Å². The van der Waals surface area contributed by atoms with E-state index in [1.165, 1.54) is 55.2 Å². The fraction of sp³-hybridized carbons (Fsp3) is 0.688. The molecule has 1 heterocycles. The molecule has 0 saturated heterocycles. The van der Waals surface area contributed by atoms with Crippen LogP contribution in [0.2, 0.25) is 0 Å². The van der Waals surface area contributed by atoms with Gasteiger partial charge in [-0.3, -0.25) is 4.79 Å². The van der Waals surface area contributed by atoms with Gasteiger partial charge in [0.25, 0.3) is 0 Å². The van der Waals surface area contributed by atoms with Crippen LogP contribution in [-0.4, -0.2) is 45.9 Å². The van der Waals surface area contributed by atoms with Crippen molar-refractivity contribution in [1.29, 1.82) is 10.5 Å². The smallest absolute Gasteiger partial charge is 0.233 e. The molecule has 0 unspecified atom stereocenters. The number of nitriles is 2. The highest BCUT2D eigenvalue weighted by molar-refractivity contribution is 8.01. The molecule has 134 valence electrons. The molecule has 1 aromatic heterocycles. The van der Waals surface area contributed by atoms with Gasteiger partial charge in [-0.15, -0.1) is 10.2 Å². The first-order valence-corrected chi connectivity index (χ1v) is 10.3. The van der Waals surface area contributed by atoms with Crippen LogP contribution in [0.25, 0.3) is 0 Å². The van der Waals surface area contributed by atoms with Gasteiger partial charge in [0.05, 0.1) is 30.7 Å². The van der Waals surface area contributed by atoms with Gasteiger partial charge in [0.15, 0.2) is 4.34 Å². The van der Waals surface area contributed by atoms with E-state index < -0.39 is 0 Å². The van der Waals surface area contributed by atoms with E-state index in [4.69, 9.17) is 10.5 Å². The monoisotopic (exact) mass is 378 g/mol. The van der Waals surface area contributed by atoms with E-state index in [0.717, 1.165) is 9.47 Å².